The molecular weight excluding hydrogens is 279 g/mol. The van der Waals surface area contributed by atoms with Crippen molar-refractivity contribution in [3.05, 3.63) is 29.8 Å². The van der Waals surface area contributed by atoms with Crippen LogP contribution in [-0.4, -0.2) is 19.3 Å². The summed E-state index contributed by atoms with van der Waals surface area (Å²) in [4.78, 5) is 0. The molecule has 0 heterocycles. The monoisotopic (exact) mass is 301 g/mol. The molecule has 1 aromatic rings. The fraction of sp³-hybridized carbons (Fsp3) is 0.625. The summed E-state index contributed by atoms with van der Waals surface area (Å²) in [5, 5.41) is 3.33. The summed E-state index contributed by atoms with van der Waals surface area (Å²) in [5.74, 6) is -0.382. The molecule has 5 heteroatoms. The van der Waals surface area contributed by atoms with Crippen LogP contribution in [0.2, 0.25) is 0 Å². The first-order valence-electron chi connectivity index (χ1n) is 7.37. The number of methoxy groups -OCH3 is 1. The topological polar surface area (TPSA) is 21.3 Å². The number of hydrogen-bond acceptors (Lipinski definition) is 2. The highest BCUT2D eigenvalue weighted by Gasteiger charge is 2.42. The molecule has 0 saturated heterocycles. The Balaban J connectivity index is 1.93. The molecular formula is C16H22F3NO. The maximum absolute atomic E-state index is 12.8. The fourth-order valence-electron chi connectivity index (χ4n) is 2.98. The molecule has 1 aliphatic carbocycles. The van der Waals surface area contributed by atoms with Crippen molar-refractivity contribution in [2.45, 2.75) is 50.9 Å². The molecule has 0 spiro atoms. The van der Waals surface area contributed by atoms with Gasteiger partial charge >= 0.3 is 6.18 Å². The lowest BCUT2D eigenvalue weighted by molar-refractivity contribution is -0.183. The van der Waals surface area contributed by atoms with E-state index in [1.54, 1.807) is 7.11 Å². The molecule has 0 amide bonds. The largest absolute Gasteiger partial charge is 0.497 e. The van der Waals surface area contributed by atoms with Crippen LogP contribution in [0.3, 0.4) is 0 Å². The standard InChI is InChI=1S/C16H22F3NO/c1-11(12-6-8-15(21-2)9-7-12)20-14-5-3-4-13(10-14)16(17,18)19/h6-9,11,13-14,20H,3-5,10H2,1-2H3. The first-order valence-corrected chi connectivity index (χ1v) is 7.37. The van der Waals surface area contributed by atoms with Crippen molar-refractivity contribution in [3.8, 4) is 5.75 Å². The lowest BCUT2D eigenvalue weighted by Crippen LogP contribution is -2.39. The van der Waals surface area contributed by atoms with Gasteiger partial charge in [0, 0.05) is 12.1 Å². The number of halogens is 3. The van der Waals surface area contributed by atoms with Crippen molar-refractivity contribution in [2.75, 3.05) is 7.11 Å². The van der Waals surface area contributed by atoms with Crippen molar-refractivity contribution in [1.29, 1.82) is 0 Å². The van der Waals surface area contributed by atoms with Crippen LogP contribution in [0.25, 0.3) is 0 Å². The summed E-state index contributed by atoms with van der Waals surface area (Å²) < 4.78 is 43.6. The van der Waals surface area contributed by atoms with Gasteiger partial charge < -0.3 is 10.1 Å². The van der Waals surface area contributed by atoms with Crippen molar-refractivity contribution in [2.24, 2.45) is 5.92 Å². The Morgan fingerprint density at radius 3 is 2.43 bits per heavy atom. The maximum atomic E-state index is 12.8. The molecule has 0 bridgehead atoms. The lowest BCUT2D eigenvalue weighted by Gasteiger charge is -2.33. The quantitative estimate of drug-likeness (QED) is 0.886. The van der Waals surface area contributed by atoms with Gasteiger partial charge in [-0.3, -0.25) is 0 Å². The van der Waals surface area contributed by atoms with E-state index >= 15 is 0 Å². The SMILES string of the molecule is COc1ccc(C(C)NC2CCCC(C(F)(F)F)C2)cc1. The molecule has 1 saturated carbocycles. The zero-order chi connectivity index (χ0) is 15.5. The van der Waals surface area contributed by atoms with Crippen molar-refractivity contribution in [3.63, 3.8) is 0 Å². The van der Waals surface area contributed by atoms with Crippen LogP contribution in [0.15, 0.2) is 24.3 Å². The van der Waals surface area contributed by atoms with Gasteiger partial charge in [-0.2, -0.15) is 13.2 Å². The number of rotatable bonds is 4. The summed E-state index contributed by atoms with van der Waals surface area (Å²) in [7, 11) is 1.61. The Kier molecular flexibility index (Phi) is 5.14. The smallest absolute Gasteiger partial charge is 0.391 e. The number of alkyl halides is 3. The molecule has 1 N–H and O–H groups in total. The van der Waals surface area contributed by atoms with E-state index in [2.05, 4.69) is 5.32 Å². The third-order valence-electron chi connectivity index (χ3n) is 4.24. The van der Waals surface area contributed by atoms with Crippen LogP contribution in [0.5, 0.6) is 5.75 Å². The minimum atomic E-state index is -4.07. The minimum absolute atomic E-state index is 0.0351. The summed E-state index contributed by atoms with van der Waals surface area (Å²) in [6.45, 7) is 1.99. The molecule has 1 aliphatic rings. The Morgan fingerprint density at radius 2 is 1.86 bits per heavy atom. The Hall–Kier alpha value is -1.23. The summed E-state index contributed by atoms with van der Waals surface area (Å²) in [6.07, 6.45) is -2.17. The third-order valence-corrected chi connectivity index (χ3v) is 4.24. The van der Waals surface area contributed by atoms with Crippen LogP contribution in [-0.2, 0) is 0 Å². The Morgan fingerprint density at radius 1 is 1.19 bits per heavy atom. The van der Waals surface area contributed by atoms with Crippen LogP contribution < -0.4 is 10.1 Å². The zero-order valence-corrected chi connectivity index (χ0v) is 12.4. The van der Waals surface area contributed by atoms with E-state index in [1.165, 1.54) is 0 Å². The normalized spacial score (nSPS) is 24.6. The van der Waals surface area contributed by atoms with Gasteiger partial charge in [-0.15, -0.1) is 0 Å². The van der Waals surface area contributed by atoms with E-state index in [0.717, 1.165) is 17.7 Å². The molecule has 2 rings (SSSR count). The second-order valence-corrected chi connectivity index (χ2v) is 5.76. The second kappa shape index (κ2) is 6.69. The zero-order valence-electron chi connectivity index (χ0n) is 12.4. The number of ether oxygens (including phenoxy) is 1. The predicted octanol–water partition coefficient (Wildman–Crippen LogP) is 4.47. The molecule has 3 atom stereocenters. The average Bonchev–Trinajstić information content (AvgIpc) is 2.47. The van der Waals surface area contributed by atoms with Gasteiger partial charge in [-0.1, -0.05) is 18.6 Å². The van der Waals surface area contributed by atoms with E-state index in [9.17, 15) is 13.2 Å². The Labute approximate surface area is 123 Å². The lowest BCUT2D eigenvalue weighted by atomic mass is 9.85. The van der Waals surface area contributed by atoms with Gasteiger partial charge in [0.25, 0.3) is 0 Å². The van der Waals surface area contributed by atoms with Crippen LogP contribution in [0.4, 0.5) is 13.2 Å². The van der Waals surface area contributed by atoms with Crippen molar-refractivity contribution < 1.29 is 17.9 Å². The van der Waals surface area contributed by atoms with Crippen LogP contribution in [0.1, 0.15) is 44.2 Å². The van der Waals surface area contributed by atoms with E-state index < -0.39 is 12.1 Å². The highest BCUT2D eigenvalue weighted by molar-refractivity contribution is 5.28. The van der Waals surface area contributed by atoms with Gasteiger partial charge in [-0.05, 0) is 43.9 Å². The van der Waals surface area contributed by atoms with E-state index in [0.29, 0.717) is 6.42 Å². The number of hydrogen-bond donors (Lipinski definition) is 1. The van der Waals surface area contributed by atoms with E-state index in [-0.39, 0.29) is 24.9 Å². The molecule has 0 radical (unpaired) electrons. The second-order valence-electron chi connectivity index (χ2n) is 5.76. The fourth-order valence-corrected chi connectivity index (χ4v) is 2.98. The molecule has 0 aliphatic heterocycles. The third kappa shape index (κ3) is 4.37. The number of nitrogens with one attached hydrogen (secondary N) is 1. The first kappa shape index (κ1) is 16.1. The number of benzene rings is 1. The highest BCUT2D eigenvalue weighted by atomic mass is 19.4. The van der Waals surface area contributed by atoms with E-state index in [1.807, 2.05) is 31.2 Å². The molecule has 21 heavy (non-hydrogen) atoms. The maximum Gasteiger partial charge on any atom is 0.391 e. The average molecular weight is 301 g/mol. The summed E-state index contributed by atoms with van der Waals surface area (Å²) in [6, 6.07) is 7.59. The molecule has 0 aromatic heterocycles. The van der Waals surface area contributed by atoms with Crippen LogP contribution in [0, 0.1) is 5.92 Å². The Bertz CT molecular complexity index is 444. The van der Waals surface area contributed by atoms with Gasteiger partial charge in [0.2, 0.25) is 0 Å². The molecule has 118 valence electrons. The first-order chi connectivity index (χ1) is 9.90. The van der Waals surface area contributed by atoms with Gasteiger partial charge in [-0.25, -0.2) is 0 Å². The van der Waals surface area contributed by atoms with Gasteiger partial charge in [0.15, 0.2) is 0 Å². The van der Waals surface area contributed by atoms with Gasteiger partial charge in [0.05, 0.1) is 13.0 Å². The molecule has 3 unspecified atom stereocenters. The molecule has 2 nitrogen and oxygen atoms in total. The van der Waals surface area contributed by atoms with E-state index in [4.69, 9.17) is 4.74 Å². The van der Waals surface area contributed by atoms with Crippen molar-refractivity contribution >= 4 is 0 Å². The van der Waals surface area contributed by atoms with Gasteiger partial charge in [0.1, 0.15) is 5.75 Å². The summed E-state index contributed by atoms with van der Waals surface area (Å²) >= 11 is 0. The minimum Gasteiger partial charge on any atom is -0.497 e. The highest BCUT2D eigenvalue weighted by Crippen LogP contribution is 2.38. The molecule has 1 fully saturated rings. The predicted molar refractivity (Wildman–Crippen MR) is 76.3 cm³/mol. The molecule has 1 aromatic carbocycles. The summed E-state index contributed by atoms with van der Waals surface area (Å²) in [5.41, 5.74) is 1.06. The van der Waals surface area contributed by atoms with Crippen LogP contribution >= 0.6 is 0 Å². The van der Waals surface area contributed by atoms with Crippen molar-refractivity contribution in [1.82, 2.24) is 5.32 Å².